The van der Waals surface area contributed by atoms with Gasteiger partial charge in [-0.25, -0.2) is 13.4 Å². The molecule has 3 rings (SSSR count). The number of hydrogen-bond acceptors (Lipinski definition) is 7. The fraction of sp³-hybridized carbons (Fsp3) is 0.304. The van der Waals surface area contributed by atoms with Crippen molar-refractivity contribution in [2.75, 3.05) is 23.5 Å². The maximum atomic E-state index is 11.5. The van der Waals surface area contributed by atoms with E-state index < -0.39 is 15.4 Å². The minimum absolute atomic E-state index is 0.177. The van der Waals surface area contributed by atoms with E-state index in [0.29, 0.717) is 32.8 Å². The van der Waals surface area contributed by atoms with Gasteiger partial charge in [0.25, 0.3) is 0 Å². The number of aromatic nitrogens is 1. The highest BCUT2D eigenvalue weighted by atomic mass is 35.5. The number of hydrogen-bond donors (Lipinski definition) is 1. The average Bonchev–Trinajstić information content (AvgIpc) is 3.21. The van der Waals surface area contributed by atoms with Gasteiger partial charge in [-0.15, -0.1) is 22.9 Å². The van der Waals surface area contributed by atoms with Crippen LogP contribution in [0, 0.1) is 11.3 Å². The zero-order chi connectivity index (χ0) is 24.9. The standard InChI is InChI=1S/C23H23Cl2N3O4S2/c1-23(2,17-10-15(12-26)21(19(25)11-17)31-9-8-24)16-4-6-18(7-5-16)32-13-20-22(27-14-33-20)28-34(3,29)30/h4-7,10-11,14,28H,8-9,13H2,1-3H3. The fourth-order valence-electron chi connectivity index (χ4n) is 3.24. The molecule has 0 bridgehead atoms. The quantitative estimate of drug-likeness (QED) is 0.338. The lowest BCUT2D eigenvalue weighted by atomic mass is 9.77. The lowest BCUT2D eigenvalue weighted by Crippen LogP contribution is -2.19. The molecule has 0 amide bonds. The van der Waals surface area contributed by atoms with Gasteiger partial charge in [0.15, 0.2) is 11.6 Å². The van der Waals surface area contributed by atoms with Crippen molar-refractivity contribution >= 4 is 50.4 Å². The number of nitriles is 1. The van der Waals surface area contributed by atoms with Gasteiger partial charge < -0.3 is 9.47 Å². The van der Waals surface area contributed by atoms with Crippen LogP contribution in [0.25, 0.3) is 0 Å². The van der Waals surface area contributed by atoms with Crippen molar-refractivity contribution in [3.63, 3.8) is 0 Å². The molecule has 1 aromatic heterocycles. The molecule has 11 heteroatoms. The van der Waals surface area contributed by atoms with Gasteiger partial charge in [0.05, 0.1) is 33.1 Å². The molecule has 0 aliphatic rings. The Kier molecular flexibility index (Phi) is 8.31. The monoisotopic (exact) mass is 539 g/mol. The number of ether oxygens (including phenoxy) is 2. The van der Waals surface area contributed by atoms with E-state index in [1.807, 2.05) is 38.1 Å². The number of rotatable bonds is 10. The summed E-state index contributed by atoms with van der Waals surface area (Å²) in [5.41, 5.74) is 3.31. The molecule has 180 valence electrons. The Morgan fingerprint density at radius 1 is 1.18 bits per heavy atom. The van der Waals surface area contributed by atoms with Crippen molar-refractivity contribution < 1.29 is 17.9 Å². The summed E-state index contributed by atoms with van der Waals surface area (Å²) in [6.45, 7) is 4.51. The minimum Gasteiger partial charge on any atom is -0.489 e. The highest BCUT2D eigenvalue weighted by Gasteiger charge is 2.26. The Balaban J connectivity index is 1.77. The highest BCUT2D eigenvalue weighted by Crippen LogP contribution is 2.38. The number of nitrogens with one attached hydrogen (secondary N) is 1. The van der Waals surface area contributed by atoms with Crippen molar-refractivity contribution in [2.45, 2.75) is 25.9 Å². The third-order valence-corrected chi connectivity index (χ3v) is 6.88. The number of alkyl halides is 1. The van der Waals surface area contributed by atoms with E-state index in [2.05, 4.69) is 15.8 Å². The molecule has 0 aliphatic heterocycles. The van der Waals surface area contributed by atoms with E-state index in [-0.39, 0.29) is 19.0 Å². The fourth-order valence-corrected chi connectivity index (χ4v) is 4.81. The zero-order valence-electron chi connectivity index (χ0n) is 18.8. The number of anilines is 1. The first-order valence-corrected chi connectivity index (χ1v) is 13.8. The SMILES string of the molecule is CC(C)(c1ccc(OCc2scnc2NS(C)(=O)=O)cc1)c1cc(Cl)c(OCCCl)c(C#N)c1. The minimum atomic E-state index is -3.42. The summed E-state index contributed by atoms with van der Waals surface area (Å²) in [4.78, 5) is 4.71. The summed E-state index contributed by atoms with van der Waals surface area (Å²) in [7, 11) is -3.42. The second kappa shape index (κ2) is 10.8. The molecule has 3 aromatic rings. The van der Waals surface area contributed by atoms with Crippen LogP contribution >= 0.6 is 34.5 Å². The van der Waals surface area contributed by atoms with Gasteiger partial charge in [-0.1, -0.05) is 37.6 Å². The Labute approximate surface area is 213 Å². The first-order chi connectivity index (χ1) is 16.0. The lowest BCUT2D eigenvalue weighted by Gasteiger charge is -2.27. The van der Waals surface area contributed by atoms with Crippen LogP contribution < -0.4 is 14.2 Å². The third-order valence-electron chi connectivity index (χ3n) is 5.08. The lowest BCUT2D eigenvalue weighted by molar-refractivity contribution is 0.310. The van der Waals surface area contributed by atoms with Crippen LogP contribution in [0.3, 0.4) is 0 Å². The van der Waals surface area contributed by atoms with Gasteiger partial charge in [0.2, 0.25) is 10.0 Å². The molecule has 0 saturated carbocycles. The second-order valence-corrected chi connectivity index (χ2v) is 11.4. The van der Waals surface area contributed by atoms with Gasteiger partial charge in [-0.05, 0) is 35.4 Å². The van der Waals surface area contributed by atoms with Crippen molar-refractivity contribution in [1.82, 2.24) is 4.98 Å². The molecule has 0 aliphatic carbocycles. The van der Waals surface area contributed by atoms with E-state index in [1.54, 1.807) is 17.6 Å². The first-order valence-electron chi connectivity index (χ1n) is 10.1. The van der Waals surface area contributed by atoms with Crippen LogP contribution in [0.5, 0.6) is 11.5 Å². The van der Waals surface area contributed by atoms with Crippen LogP contribution in [-0.4, -0.2) is 32.1 Å². The normalized spacial score (nSPS) is 11.6. The van der Waals surface area contributed by atoms with Gasteiger partial charge >= 0.3 is 0 Å². The highest BCUT2D eigenvalue weighted by molar-refractivity contribution is 7.92. The van der Waals surface area contributed by atoms with Gasteiger partial charge in [-0.2, -0.15) is 5.26 Å². The van der Waals surface area contributed by atoms with Crippen molar-refractivity contribution in [3.05, 3.63) is 68.5 Å². The molecule has 7 nitrogen and oxygen atoms in total. The topological polar surface area (TPSA) is 101 Å². The van der Waals surface area contributed by atoms with Crippen molar-refractivity contribution in [1.29, 1.82) is 5.26 Å². The molecule has 0 atom stereocenters. The molecular weight excluding hydrogens is 517 g/mol. The molecular formula is C23H23Cl2N3O4S2. The number of halogens is 2. The van der Waals surface area contributed by atoms with Crippen LogP contribution in [-0.2, 0) is 22.0 Å². The van der Waals surface area contributed by atoms with E-state index >= 15 is 0 Å². The molecule has 2 aromatic carbocycles. The zero-order valence-corrected chi connectivity index (χ0v) is 21.9. The number of thiazole rings is 1. The summed E-state index contributed by atoms with van der Waals surface area (Å²) < 4.78 is 36.7. The predicted octanol–water partition coefficient (Wildman–Crippen LogP) is 5.56. The Morgan fingerprint density at radius 2 is 1.88 bits per heavy atom. The molecule has 0 spiro atoms. The number of benzene rings is 2. The second-order valence-electron chi connectivity index (χ2n) is 7.92. The van der Waals surface area contributed by atoms with Crippen LogP contribution in [0.15, 0.2) is 41.9 Å². The van der Waals surface area contributed by atoms with Gasteiger partial charge in [-0.3, -0.25) is 4.72 Å². The molecule has 0 saturated heterocycles. The molecule has 1 heterocycles. The maximum Gasteiger partial charge on any atom is 0.231 e. The van der Waals surface area contributed by atoms with E-state index in [9.17, 15) is 13.7 Å². The summed E-state index contributed by atoms with van der Waals surface area (Å²) in [5.74, 6) is 1.52. The third kappa shape index (κ3) is 6.33. The Morgan fingerprint density at radius 3 is 2.50 bits per heavy atom. The van der Waals surface area contributed by atoms with Crippen molar-refractivity contribution in [2.24, 2.45) is 0 Å². The largest absolute Gasteiger partial charge is 0.489 e. The molecule has 34 heavy (non-hydrogen) atoms. The maximum absolute atomic E-state index is 11.5. The molecule has 0 unspecified atom stereocenters. The van der Waals surface area contributed by atoms with E-state index in [1.165, 1.54) is 11.3 Å². The van der Waals surface area contributed by atoms with Crippen LogP contribution in [0.4, 0.5) is 5.82 Å². The van der Waals surface area contributed by atoms with Gasteiger partial charge in [0, 0.05) is 5.41 Å². The summed E-state index contributed by atoms with van der Waals surface area (Å²) in [5, 5.41) is 9.94. The average molecular weight is 540 g/mol. The number of nitrogens with zero attached hydrogens (tertiary/aromatic N) is 2. The first kappa shape index (κ1) is 26.1. The summed E-state index contributed by atoms with van der Waals surface area (Å²) in [6.07, 6.45) is 1.07. The van der Waals surface area contributed by atoms with Crippen LogP contribution in [0.2, 0.25) is 5.02 Å². The Bertz CT molecular complexity index is 1300. The summed E-state index contributed by atoms with van der Waals surface area (Å²) in [6, 6.07) is 13.3. The summed E-state index contributed by atoms with van der Waals surface area (Å²) >= 11 is 13.4. The number of sulfonamides is 1. The van der Waals surface area contributed by atoms with Crippen molar-refractivity contribution in [3.8, 4) is 17.6 Å². The van der Waals surface area contributed by atoms with Gasteiger partial charge in [0.1, 0.15) is 25.0 Å². The Hall–Kier alpha value is -2.51. The molecule has 1 N–H and O–H groups in total. The van der Waals surface area contributed by atoms with Crippen LogP contribution in [0.1, 0.15) is 35.4 Å². The smallest absolute Gasteiger partial charge is 0.231 e. The molecule has 0 radical (unpaired) electrons. The molecule has 0 fully saturated rings. The predicted molar refractivity (Wildman–Crippen MR) is 136 cm³/mol. The van der Waals surface area contributed by atoms with E-state index in [0.717, 1.165) is 17.4 Å². The van der Waals surface area contributed by atoms with E-state index in [4.69, 9.17) is 32.7 Å².